The average molecular weight is 409 g/mol. The van der Waals surface area contributed by atoms with Crippen molar-refractivity contribution in [2.75, 3.05) is 0 Å². The molecule has 0 saturated heterocycles. The number of allylic oxidation sites excluding steroid dienone is 1. The predicted molar refractivity (Wildman–Crippen MR) is 125 cm³/mol. The summed E-state index contributed by atoms with van der Waals surface area (Å²) < 4.78 is 0. The number of hydrogen-bond acceptors (Lipinski definition) is 2. The number of carbonyl (C=O) groups is 1. The molecule has 1 fully saturated rings. The molecule has 5 atom stereocenters. The Morgan fingerprint density at radius 3 is 2.53 bits per heavy atom. The Morgan fingerprint density at radius 2 is 1.83 bits per heavy atom. The van der Waals surface area contributed by atoms with Crippen LogP contribution < -0.4 is 0 Å². The first kappa shape index (κ1) is 21.7. The summed E-state index contributed by atoms with van der Waals surface area (Å²) in [6, 6.07) is 4.42. The molecule has 0 amide bonds. The maximum absolute atomic E-state index is 12.2. The van der Waals surface area contributed by atoms with Gasteiger partial charge < -0.3 is 5.11 Å². The summed E-state index contributed by atoms with van der Waals surface area (Å²) in [5.41, 5.74) is 6.31. The van der Waals surface area contributed by atoms with Crippen LogP contribution in [0.4, 0.5) is 0 Å². The van der Waals surface area contributed by atoms with Crippen LogP contribution in [0.15, 0.2) is 18.4 Å². The van der Waals surface area contributed by atoms with E-state index in [1.54, 1.807) is 5.56 Å². The van der Waals surface area contributed by atoms with Crippen molar-refractivity contribution in [3.8, 4) is 0 Å². The number of aliphatic hydroxyl groups is 1. The van der Waals surface area contributed by atoms with Gasteiger partial charge in [-0.1, -0.05) is 59.6 Å². The van der Waals surface area contributed by atoms with Gasteiger partial charge in [-0.15, -0.1) is 0 Å². The van der Waals surface area contributed by atoms with Gasteiger partial charge in [-0.2, -0.15) is 0 Å². The third kappa shape index (κ3) is 3.45. The first-order valence-electron chi connectivity index (χ1n) is 12.3. The van der Waals surface area contributed by atoms with E-state index in [4.69, 9.17) is 0 Å². The van der Waals surface area contributed by atoms with Crippen LogP contribution in [-0.2, 0) is 17.6 Å². The van der Waals surface area contributed by atoms with Crippen LogP contribution in [0.5, 0.6) is 0 Å². The van der Waals surface area contributed by atoms with E-state index < -0.39 is 0 Å². The highest BCUT2D eigenvalue weighted by Crippen LogP contribution is 2.61. The summed E-state index contributed by atoms with van der Waals surface area (Å²) in [6.45, 7) is 12.2. The van der Waals surface area contributed by atoms with Gasteiger partial charge in [-0.25, -0.2) is 0 Å². The van der Waals surface area contributed by atoms with E-state index >= 15 is 0 Å². The summed E-state index contributed by atoms with van der Waals surface area (Å²) in [6.07, 6.45) is 10.2. The number of hydrogen-bond donors (Lipinski definition) is 1. The molecule has 3 aliphatic rings. The van der Waals surface area contributed by atoms with Crippen LogP contribution in [0.2, 0.25) is 0 Å². The molecule has 3 aliphatic carbocycles. The van der Waals surface area contributed by atoms with Gasteiger partial charge in [-0.3, -0.25) is 4.79 Å². The van der Waals surface area contributed by atoms with Gasteiger partial charge in [0.25, 0.3) is 0 Å². The summed E-state index contributed by atoms with van der Waals surface area (Å²) in [4.78, 5) is 12.2. The van der Waals surface area contributed by atoms with Crippen molar-refractivity contribution in [3.63, 3.8) is 0 Å². The molecule has 0 aliphatic heterocycles. The molecule has 0 spiro atoms. The zero-order valence-electron chi connectivity index (χ0n) is 19.6. The monoisotopic (exact) mass is 408 g/mol. The highest BCUT2D eigenvalue weighted by atomic mass is 16.2. The van der Waals surface area contributed by atoms with Crippen LogP contribution in [0.1, 0.15) is 101 Å². The lowest BCUT2D eigenvalue weighted by molar-refractivity contribution is -0.114. The van der Waals surface area contributed by atoms with Crippen molar-refractivity contribution < 1.29 is 9.90 Å². The molecule has 2 heteroatoms. The summed E-state index contributed by atoms with van der Waals surface area (Å²) in [5.74, 6) is 3.94. The molecule has 0 aromatic heterocycles. The normalized spacial score (nSPS) is 31.4. The SMILES string of the molecule is CC(C)[C@@H](C)CC[C@@H](C)[C@@H]1CC[C@@H]2c3ccc4c(c3CC[C@]21C)CCC(=O)/C4=C/O. The third-order valence-electron chi connectivity index (χ3n) is 9.39. The Labute approximate surface area is 183 Å². The van der Waals surface area contributed by atoms with Crippen molar-refractivity contribution >= 4 is 11.4 Å². The van der Waals surface area contributed by atoms with Gasteiger partial charge in [0.15, 0.2) is 5.78 Å². The van der Waals surface area contributed by atoms with Crippen molar-refractivity contribution in [3.05, 3.63) is 40.6 Å². The van der Waals surface area contributed by atoms with Gasteiger partial charge >= 0.3 is 0 Å². The maximum atomic E-state index is 12.2. The molecule has 4 rings (SSSR count). The van der Waals surface area contributed by atoms with Gasteiger partial charge in [0.1, 0.15) is 0 Å². The number of ketones is 1. The summed E-state index contributed by atoms with van der Waals surface area (Å²) >= 11 is 0. The van der Waals surface area contributed by atoms with Crippen LogP contribution >= 0.6 is 0 Å². The first-order chi connectivity index (χ1) is 14.3. The molecule has 1 aromatic carbocycles. The second-order valence-corrected chi connectivity index (χ2v) is 11.1. The molecule has 1 saturated carbocycles. The number of benzene rings is 1. The molecule has 0 radical (unpaired) electrons. The molecule has 164 valence electrons. The molecule has 1 N–H and O–H groups in total. The number of aliphatic hydroxyl groups excluding tert-OH is 1. The van der Waals surface area contributed by atoms with Crippen molar-refractivity contribution in [2.45, 2.75) is 91.9 Å². The fourth-order valence-corrected chi connectivity index (χ4v) is 7.06. The number of fused-ring (bicyclic) bond motifs is 5. The minimum absolute atomic E-state index is 0.0796. The quantitative estimate of drug-likeness (QED) is 0.411. The Kier molecular flexibility index (Phi) is 5.90. The second-order valence-electron chi connectivity index (χ2n) is 11.1. The van der Waals surface area contributed by atoms with E-state index in [0.29, 0.717) is 23.3 Å². The summed E-state index contributed by atoms with van der Waals surface area (Å²) in [5, 5.41) is 9.64. The number of carbonyl (C=O) groups excluding carboxylic acids is 1. The molecular weight excluding hydrogens is 368 g/mol. The smallest absolute Gasteiger partial charge is 0.166 e. The average Bonchev–Trinajstić information content (AvgIpc) is 3.08. The van der Waals surface area contributed by atoms with E-state index in [1.165, 1.54) is 43.2 Å². The fraction of sp³-hybridized carbons (Fsp3) is 0.679. The zero-order valence-corrected chi connectivity index (χ0v) is 19.6. The third-order valence-corrected chi connectivity index (χ3v) is 9.39. The maximum Gasteiger partial charge on any atom is 0.166 e. The van der Waals surface area contributed by atoms with E-state index in [1.807, 2.05) is 0 Å². The zero-order chi connectivity index (χ0) is 21.6. The summed E-state index contributed by atoms with van der Waals surface area (Å²) in [7, 11) is 0. The van der Waals surface area contributed by atoms with Crippen molar-refractivity contribution in [1.82, 2.24) is 0 Å². The highest BCUT2D eigenvalue weighted by molar-refractivity contribution is 6.22. The molecule has 2 nitrogen and oxygen atoms in total. The van der Waals surface area contributed by atoms with E-state index in [9.17, 15) is 9.90 Å². The topological polar surface area (TPSA) is 37.3 Å². The number of Topliss-reactive ketones (excluding diaryl/α,β-unsaturated/α-hetero) is 1. The number of rotatable bonds is 5. The van der Waals surface area contributed by atoms with Gasteiger partial charge in [-0.05, 0) is 89.4 Å². The second kappa shape index (κ2) is 8.17. The van der Waals surface area contributed by atoms with Gasteiger partial charge in [0, 0.05) is 6.42 Å². The van der Waals surface area contributed by atoms with Crippen molar-refractivity contribution in [1.29, 1.82) is 0 Å². The Bertz CT molecular complexity index is 848. The van der Waals surface area contributed by atoms with Crippen LogP contribution in [0.25, 0.3) is 5.57 Å². The van der Waals surface area contributed by atoms with Crippen molar-refractivity contribution in [2.24, 2.45) is 29.1 Å². The molecule has 0 unspecified atom stereocenters. The van der Waals surface area contributed by atoms with Crippen LogP contribution in [-0.4, -0.2) is 10.9 Å². The minimum Gasteiger partial charge on any atom is -0.515 e. The Balaban J connectivity index is 1.59. The van der Waals surface area contributed by atoms with Gasteiger partial charge in [0.2, 0.25) is 0 Å². The highest BCUT2D eigenvalue weighted by Gasteiger charge is 2.51. The Hall–Kier alpha value is -1.57. The molecular formula is C28H40O2. The fourth-order valence-electron chi connectivity index (χ4n) is 7.06. The molecule has 1 aromatic rings. The molecule has 30 heavy (non-hydrogen) atoms. The lowest BCUT2D eigenvalue weighted by Gasteiger charge is -2.45. The van der Waals surface area contributed by atoms with E-state index in [-0.39, 0.29) is 5.78 Å². The minimum atomic E-state index is 0.0796. The standard InChI is InChI=1S/C28H40O2/c1-17(2)18(3)6-7-19(4)25-11-12-26-23-9-8-21-20(10-13-27(30)24(21)16-29)22(23)14-15-28(25,26)5/h8-9,16-19,25-26,29H,6-7,10-15H2,1-5H3/b24-16+/t18-,19+,25-,26+,28-/m0/s1. The van der Waals surface area contributed by atoms with E-state index in [0.717, 1.165) is 48.3 Å². The lowest BCUT2D eigenvalue weighted by atomic mass is 9.59. The largest absolute Gasteiger partial charge is 0.515 e. The first-order valence-corrected chi connectivity index (χ1v) is 12.3. The van der Waals surface area contributed by atoms with Crippen LogP contribution in [0, 0.1) is 29.1 Å². The molecule has 0 heterocycles. The molecule has 0 bridgehead atoms. The van der Waals surface area contributed by atoms with Gasteiger partial charge in [0.05, 0.1) is 11.8 Å². The Morgan fingerprint density at radius 1 is 1.07 bits per heavy atom. The van der Waals surface area contributed by atoms with E-state index in [2.05, 4.69) is 46.8 Å². The van der Waals surface area contributed by atoms with Crippen LogP contribution in [0.3, 0.4) is 0 Å². The lowest BCUT2D eigenvalue weighted by Crippen LogP contribution is -2.36. The predicted octanol–water partition coefficient (Wildman–Crippen LogP) is 7.26.